The van der Waals surface area contributed by atoms with E-state index in [0.29, 0.717) is 23.7 Å². The van der Waals surface area contributed by atoms with E-state index in [4.69, 9.17) is 4.74 Å². The molecule has 1 saturated heterocycles. The molecular weight excluding hydrogens is 352 g/mol. The number of aliphatic hydroxyl groups is 1. The van der Waals surface area contributed by atoms with Crippen molar-refractivity contribution in [2.45, 2.75) is 19.4 Å². The van der Waals surface area contributed by atoms with Gasteiger partial charge < -0.3 is 9.84 Å². The second-order valence-electron chi connectivity index (χ2n) is 5.39. The summed E-state index contributed by atoms with van der Waals surface area (Å²) < 4.78 is 5.63. The van der Waals surface area contributed by atoms with Crippen LogP contribution in [0.15, 0.2) is 66.0 Å². The normalized spacial score (nSPS) is 17.6. The average Bonchev–Trinajstić information content (AvgIpc) is 2.94. The van der Waals surface area contributed by atoms with Crippen LogP contribution in [0.3, 0.4) is 0 Å². The summed E-state index contributed by atoms with van der Waals surface area (Å²) in [7, 11) is 0. The zero-order chi connectivity index (χ0) is 18.9. The highest BCUT2D eigenvalue weighted by atomic mass is 32.2. The summed E-state index contributed by atoms with van der Waals surface area (Å²) in [5.41, 5.74) is 1.64. The number of carbonyl (C=O) groups is 2. The highest BCUT2D eigenvalue weighted by molar-refractivity contribution is 8.18. The summed E-state index contributed by atoms with van der Waals surface area (Å²) in [5.74, 6) is 0.197. The van der Waals surface area contributed by atoms with E-state index in [2.05, 4.69) is 16.9 Å². The molecule has 1 fully saturated rings. The third kappa shape index (κ3) is 6.02. The van der Waals surface area contributed by atoms with Crippen LogP contribution in [0.5, 0.6) is 0 Å². The van der Waals surface area contributed by atoms with Crippen LogP contribution >= 0.6 is 11.8 Å². The molecule has 0 aromatic carbocycles. The number of ether oxygens (including phenoxy) is 1. The summed E-state index contributed by atoms with van der Waals surface area (Å²) in [6.07, 6.45) is 9.97. The molecule has 0 radical (unpaired) electrons. The maximum absolute atomic E-state index is 11.4. The average molecular weight is 372 g/mol. The topological polar surface area (TPSA) is 88.5 Å². The van der Waals surface area contributed by atoms with Crippen molar-refractivity contribution in [1.82, 2.24) is 10.3 Å². The summed E-state index contributed by atoms with van der Waals surface area (Å²) in [6.45, 7) is 5.82. The van der Waals surface area contributed by atoms with Crippen LogP contribution in [0.2, 0.25) is 0 Å². The van der Waals surface area contributed by atoms with Crippen molar-refractivity contribution in [2.75, 3.05) is 6.61 Å². The first kappa shape index (κ1) is 19.7. The number of pyridine rings is 1. The second kappa shape index (κ2) is 9.74. The van der Waals surface area contributed by atoms with Crippen LogP contribution in [-0.4, -0.2) is 27.8 Å². The molecule has 2 rings (SSSR count). The minimum Gasteiger partial charge on any atom is -0.493 e. The number of carbonyl (C=O) groups excluding carboxylic acids is 2. The van der Waals surface area contributed by atoms with Gasteiger partial charge in [0.2, 0.25) is 0 Å². The van der Waals surface area contributed by atoms with Crippen molar-refractivity contribution in [3.05, 3.63) is 77.2 Å². The zero-order valence-corrected chi connectivity index (χ0v) is 15.2. The molecular formula is C19H20N2O4S. The Morgan fingerprint density at radius 2 is 2.23 bits per heavy atom. The minimum absolute atomic E-state index is 0.354. The molecule has 1 aliphatic heterocycles. The predicted octanol–water partition coefficient (Wildman–Crippen LogP) is 3.19. The van der Waals surface area contributed by atoms with E-state index in [-0.39, 0.29) is 11.1 Å². The number of imide groups is 1. The maximum Gasteiger partial charge on any atom is 0.290 e. The van der Waals surface area contributed by atoms with Gasteiger partial charge >= 0.3 is 0 Å². The Kier molecular flexibility index (Phi) is 7.37. The second-order valence-corrected chi connectivity index (χ2v) is 6.40. The Morgan fingerprint density at radius 1 is 1.42 bits per heavy atom. The molecule has 2 N–H and O–H groups in total. The number of nitrogens with one attached hydrogen (secondary N) is 1. The molecule has 26 heavy (non-hydrogen) atoms. The van der Waals surface area contributed by atoms with Gasteiger partial charge in [0.15, 0.2) is 0 Å². The van der Waals surface area contributed by atoms with E-state index < -0.39 is 6.10 Å². The van der Waals surface area contributed by atoms with Gasteiger partial charge in [0.05, 0.1) is 17.6 Å². The lowest BCUT2D eigenvalue weighted by Gasteiger charge is -2.07. The Bertz CT molecular complexity index is 764. The third-order valence-electron chi connectivity index (χ3n) is 3.42. The maximum atomic E-state index is 11.4. The summed E-state index contributed by atoms with van der Waals surface area (Å²) >= 11 is 0.868. The van der Waals surface area contributed by atoms with Gasteiger partial charge in [-0.1, -0.05) is 24.8 Å². The number of hydrogen-bond acceptors (Lipinski definition) is 6. The lowest BCUT2D eigenvalue weighted by Crippen LogP contribution is -2.17. The van der Waals surface area contributed by atoms with Crippen molar-refractivity contribution in [3.8, 4) is 0 Å². The first-order valence-electron chi connectivity index (χ1n) is 7.99. The molecule has 1 atom stereocenters. The Labute approximate surface area is 156 Å². The fraction of sp³-hybridized carbons (Fsp3) is 0.211. The van der Waals surface area contributed by atoms with Crippen LogP contribution in [0.1, 0.15) is 24.3 Å². The number of thioether (sulfide) groups is 1. The number of amides is 2. The summed E-state index contributed by atoms with van der Waals surface area (Å²) in [6, 6.07) is 3.70. The van der Waals surface area contributed by atoms with E-state index in [1.807, 2.05) is 12.1 Å². The van der Waals surface area contributed by atoms with Crippen LogP contribution in [0.4, 0.5) is 4.79 Å². The highest BCUT2D eigenvalue weighted by Crippen LogP contribution is 2.22. The quantitative estimate of drug-likeness (QED) is 0.414. The number of nitrogens with zero attached hydrogens (tertiary/aromatic N) is 1. The van der Waals surface area contributed by atoms with Crippen LogP contribution in [-0.2, 0) is 16.0 Å². The fourth-order valence-electron chi connectivity index (χ4n) is 2.01. The number of aliphatic hydroxyl groups excluding tert-OH is 1. The van der Waals surface area contributed by atoms with Gasteiger partial charge in [-0.25, -0.2) is 0 Å². The highest BCUT2D eigenvalue weighted by Gasteiger charge is 2.24. The molecule has 0 spiro atoms. The van der Waals surface area contributed by atoms with E-state index >= 15 is 0 Å². The predicted molar refractivity (Wildman–Crippen MR) is 101 cm³/mol. The third-order valence-corrected chi connectivity index (χ3v) is 4.25. The van der Waals surface area contributed by atoms with Crippen molar-refractivity contribution in [3.63, 3.8) is 0 Å². The number of rotatable bonds is 8. The molecule has 1 unspecified atom stereocenters. The molecule has 2 amide bonds. The van der Waals surface area contributed by atoms with Crippen molar-refractivity contribution < 1.29 is 19.4 Å². The van der Waals surface area contributed by atoms with E-state index in [1.54, 1.807) is 43.5 Å². The van der Waals surface area contributed by atoms with Crippen molar-refractivity contribution in [1.29, 1.82) is 0 Å². The molecule has 0 bridgehead atoms. The van der Waals surface area contributed by atoms with E-state index in [1.165, 1.54) is 0 Å². The first-order chi connectivity index (χ1) is 12.5. The Balaban J connectivity index is 1.83. The van der Waals surface area contributed by atoms with Gasteiger partial charge in [0.1, 0.15) is 5.76 Å². The number of allylic oxidation sites excluding steroid dienone is 5. The molecule has 1 aromatic rings. The van der Waals surface area contributed by atoms with Crippen molar-refractivity contribution >= 4 is 22.9 Å². The van der Waals surface area contributed by atoms with Crippen LogP contribution in [0, 0.1) is 0 Å². The molecule has 0 aliphatic carbocycles. The summed E-state index contributed by atoms with van der Waals surface area (Å²) in [4.78, 5) is 27.0. The molecule has 2 heterocycles. The monoisotopic (exact) mass is 372 g/mol. The lowest BCUT2D eigenvalue weighted by atomic mass is 10.1. The van der Waals surface area contributed by atoms with Gasteiger partial charge in [-0.2, -0.15) is 0 Å². The molecule has 7 heteroatoms. The molecule has 1 aliphatic rings. The SMILES string of the molecule is C=C\C(=C/C=C/C=C1\SC(=O)NC1=O)OCCc1ccc(C(C)O)cn1. The van der Waals surface area contributed by atoms with Crippen LogP contribution in [0.25, 0.3) is 0 Å². The number of hydrogen-bond donors (Lipinski definition) is 2. The summed E-state index contributed by atoms with van der Waals surface area (Å²) in [5, 5.41) is 11.3. The van der Waals surface area contributed by atoms with Gasteiger partial charge in [0.25, 0.3) is 11.1 Å². The zero-order valence-electron chi connectivity index (χ0n) is 14.3. The molecule has 136 valence electrons. The molecule has 6 nitrogen and oxygen atoms in total. The lowest BCUT2D eigenvalue weighted by molar-refractivity contribution is -0.115. The fourth-order valence-corrected chi connectivity index (χ4v) is 2.64. The van der Waals surface area contributed by atoms with Crippen molar-refractivity contribution in [2.24, 2.45) is 0 Å². The largest absolute Gasteiger partial charge is 0.493 e. The van der Waals surface area contributed by atoms with E-state index in [0.717, 1.165) is 23.0 Å². The van der Waals surface area contributed by atoms with Crippen LogP contribution < -0.4 is 5.32 Å². The first-order valence-corrected chi connectivity index (χ1v) is 8.81. The van der Waals surface area contributed by atoms with Gasteiger partial charge in [-0.3, -0.25) is 19.9 Å². The molecule has 0 saturated carbocycles. The van der Waals surface area contributed by atoms with Gasteiger partial charge in [-0.15, -0.1) is 0 Å². The van der Waals surface area contributed by atoms with Gasteiger partial charge in [0, 0.05) is 18.3 Å². The Hall–Kier alpha value is -2.64. The van der Waals surface area contributed by atoms with E-state index in [9.17, 15) is 14.7 Å². The standard InChI is InChI=1S/C19H20N2O4S/c1-3-16(6-4-5-7-17-18(23)21-19(24)26-17)25-11-10-15-9-8-14(12-20-15)13(2)22/h3-9,12-13,22H,1,10-11H2,2H3,(H,21,23,24)/b5-4+,16-6+,17-7-. The Morgan fingerprint density at radius 3 is 2.81 bits per heavy atom. The smallest absolute Gasteiger partial charge is 0.290 e. The van der Waals surface area contributed by atoms with Gasteiger partial charge in [-0.05, 0) is 48.5 Å². The number of aromatic nitrogens is 1. The molecule has 1 aromatic heterocycles. The minimum atomic E-state index is -0.531.